The standard InChI is InChI=1S/C11H18N4O3/c1-4-11(3,5-2)12-10(18)8-6-15(14-13-8)7-9(16)17/h6H,4-5,7H2,1-3H3,(H,12,18)(H,16,17). The molecule has 0 unspecified atom stereocenters. The van der Waals surface area contributed by atoms with Gasteiger partial charge in [-0.15, -0.1) is 5.10 Å². The van der Waals surface area contributed by atoms with Crippen LogP contribution in [0.4, 0.5) is 0 Å². The zero-order valence-electron chi connectivity index (χ0n) is 10.8. The van der Waals surface area contributed by atoms with Gasteiger partial charge in [-0.1, -0.05) is 19.1 Å². The SMILES string of the molecule is CCC(C)(CC)NC(=O)c1cn(CC(=O)O)nn1. The summed E-state index contributed by atoms with van der Waals surface area (Å²) in [4.78, 5) is 22.4. The van der Waals surface area contributed by atoms with E-state index in [4.69, 9.17) is 5.11 Å². The van der Waals surface area contributed by atoms with Gasteiger partial charge in [-0.05, 0) is 19.8 Å². The molecule has 0 spiro atoms. The van der Waals surface area contributed by atoms with Crippen molar-refractivity contribution in [1.82, 2.24) is 20.3 Å². The lowest BCUT2D eigenvalue weighted by Crippen LogP contribution is -2.45. The Balaban J connectivity index is 2.73. The molecule has 100 valence electrons. The lowest BCUT2D eigenvalue weighted by atomic mass is 9.95. The number of carboxylic acid groups (broad SMARTS) is 1. The van der Waals surface area contributed by atoms with Gasteiger partial charge >= 0.3 is 5.97 Å². The Labute approximate surface area is 105 Å². The minimum atomic E-state index is -1.03. The number of aromatic nitrogens is 3. The van der Waals surface area contributed by atoms with E-state index in [0.29, 0.717) is 0 Å². The Morgan fingerprint density at radius 3 is 2.56 bits per heavy atom. The Morgan fingerprint density at radius 2 is 2.06 bits per heavy atom. The van der Waals surface area contributed by atoms with Crippen molar-refractivity contribution in [2.24, 2.45) is 0 Å². The number of carbonyl (C=O) groups excluding carboxylic acids is 1. The third-order valence-electron chi connectivity index (χ3n) is 3.04. The Kier molecular flexibility index (Phi) is 4.41. The molecule has 0 saturated carbocycles. The summed E-state index contributed by atoms with van der Waals surface area (Å²) < 4.78 is 1.12. The number of carboxylic acids is 1. The lowest BCUT2D eigenvalue weighted by molar-refractivity contribution is -0.137. The number of nitrogens with zero attached hydrogens (tertiary/aromatic N) is 3. The number of hydrogen-bond donors (Lipinski definition) is 2. The number of hydrogen-bond acceptors (Lipinski definition) is 4. The van der Waals surface area contributed by atoms with E-state index in [-0.39, 0.29) is 23.7 Å². The molecule has 7 nitrogen and oxygen atoms in total. The van der Waals surface area contributed by atoms with Crippen molar-refractivity contribution in [2.45, 2.75) is 45.7 Å². The van der Waals surface area contributed by atoms with E-state index < -0.39 is 5.97 Å². The molecule has 0 saturated heterocycles. The van der Waals surface area contributed by atoms with Crippen LogP contribution in [0.3, 0.4) is 0 Å². The molecule has 0 aromatic carbocycles. The first-order chi connectivity index (χ1) is 8.40. The van der Waals surface area contributed by atoms with Crippen LogP contribution in [0.25, 0.3) is 0 Å². The van der Waals surface area contributed by atoms with Crippen molar-refractivity contribution in [3.8, 4) is 0 Å². The van der Waals surface area contributed by atoms with Gasteiger partial charge in [0.2, 0.25) is 0 Å². The monoisotopic (exact) mass is 254 g/mol. The van der Waals surface area contributed by atoms with Gasteiger partial charge < -0.3 is 10.4 Å². The molecule has 1 amide bonds. The molecule has 0 radical (unpaired) electrons. The number of amides is 1. The van der Waals surface area contributed by atoms with Gasteiger partial charge in [-0.2, -0.15) is 0 Å². The number of nitrogens with one attached hydrogen (secondary N) is 1. The first kappa shape index (κ1) is 14.1. The highest BCUT2D eigenvalue weighted by Crippen LogP contribution is 2.14. The van der Waals surface area contributed by atoms with Crippen LogP contribution >= 0.6 is 0 Å². The molecule has 2 N–H and O–H groups in total. The summed E-state index contributed by atoms with van der Waals surface area (Å²) in [5.41, 5.74) is -0.155. The van der Waals surface area contributed by atoms with Gasteiger partial charge in [-0.25, -0.2) is 4.68 Å². The van der Waals surface area contributed by atoms with Crippen molar-refractivity contribution in [1.29, 1.82) is 0 Å². The number of aliphatic carboxylic acids is 1. The van der Waals surface area contributed by atoms with E-state index in [1.807, 2.05) is 20.8 Å². The summed E-state index contributed by atoms with van der Waals surface area (Å²) in [5, 5.41) is 18.7. The third-order valence-corrected chi connectivity index (χ3v) is 3.04. The summed E-state index contributed by atoms with van der Waals surface area (Å²) in [6.45, 7) is 5.63. The van der Waals surface area contributed by atoms with E-state index in [1.54, 1.807) is 0 Å². The molecule has 0 aliphatic heterocycles. The van der Waals surface area contributed by atoms with Crippen LogP contribution in [0.15, 0.2) is 6.20 Å². The maximum absolute atomic E-state index is 11.9. The first-order valence-corrected chi connectivity index (χ1v) is 5.84. The molecular weight excluding hydrogens is 236 g/mol. The molecule has 0 aliphatic rings. The van der Waals surface area contributed by atoms with E-state index in [9.17, 15) is 9.59 Å². The van der Waals surface area contributed by atoms with Gasteiger partial charge in [0, 0.05) is 5.54 Å². The zero-order valence-corrected chi connectivity index (χ0v) is 10.8. The topological polar surface area (TPSA) is 97.1 Å². The van der Waals surface area contributed by atoms with Gasteiger partial charge in [0.25, 0.3) is 5.91 Å². The molecule has 18 heavy (non-hydrogen) atoms. The summed E-state index contributed by atoms with van der Waals surface area (Å²) in [5.74, 6) is -1.36. The Morgan fingerprint density at radius 1 is 1.44 bits per heavy atom. The number of rotatable bonds is 6. The first-order valence-electron chi connectivity index (χ1n) is 5.84. The van der Waals surface area contributed by atoms with Gasteiger partial charge in [-0.3, -0.25) is 9.59 Å². The molecule has 1 aromatic heterocycles. The van der Waals surface area contributed by atoms with Crippen molar-refractivity contribution < 1.29 is 14.7 Å². The van der Waals surface area contributed by atoms with E-state index in [1.165, 1.54) is 6.20 Å². The zero-order chi connectivity index (χ0) is 13.8. The Hall–Kier alpha value is -1.92. The minimum Gasteiger partial charge on any atom is -0.480 e. The van der Waals surface area contributed by atoms with Crippen LogP contribution in [0, 0.1) is 0 Å². The van der Waals surface area contributed by atoms with Crippen LogP contribution in [0.1, 0.15) is 44.1 Å². The summed E-state index contributed by atoms with van der Waals surface area (Å²) in [6, 6.07) is 0. The van der Waals surface area contributed by atoms with Crippen molar-refractivity contribution in [3.05, 3.63) is 11.9 Å². The molecule has 0 aliphatic carbocycles. The molecule has 0 atom stereocenters. The quantitative estimate of drug-likeness (QED) is 0.777. The smallest absolute Gasteiger partial charge is 0.325 e. The predicted octanol–water partition coefficient (Wildman–Crippen LogP) is 0.671. The fourth-order valence-corrected chi connectivity index (χ4v) is 1.38. The maximum Gasteiger partial charge on any atom is 0.325 e. The average Bonchev–Trinajstić information content (AvgIpc) is 2.76. The molecule has 0 bridgehead atoms. The van der Waals surface area contributed by atoms with Gasteiger partial charge in [0.05, 0.1) is 6.20 Å². The molecule has 1 rings (SSSR count). The highest BCUT2D eigenvalue weighted by Gasteiger charge is 2.24. The fourth-order valence-electron chi connectivity index (χ4n) is 1.38. The average molecular weight is 254 g/mol. The van der Waals surface area contributed by atoms with Crippen molar-refractivity contribution >= 4 is 11.9 Å². The second kappa shape index (κ2) is 5.61. The Bertz CT molecular complexity index is 437. The fraction of sp³-hybridized carbons (Fsp3) is 0.636. The summed E-state index contributed by atoms with van der Waals surface area (Å²) >= 11 is 0. The second-order valence-corrected chi connectivity index (χ2v) is 4.42. The van der Waals surface area contributed by atoms with Crippen molar-refractivity contribution in [3.63, 3.8) is 0 Å². The molecular formula is C11H18N4O3. The number of carbonyl (C=O) groups is 2. The maximum atomic E-state index is 11.9. The highest BCUT2D eigenvalue weighted by atomic mass is 16.4. The van der Waals surface area contributed by atoms with Gasteiger partial charge in [0.1, 0.15) is 6.54 Å². The van der Waals surface area contributed by atoms with Crippen molar-refractivity contribution in [2.75, 3.05) is 0 Å². The van der Waals surface area contributed by atoms with Crippen LogP contribution in [-0.4, -0.2) is 37.5 Å². The van der Waals surface area contributed by atoms with Gasteiger partial charge in [0.15, 0.2) is 5.69 Å². The predicted molar refractivity (Wildman–Crippen MR) is 64.1 cm³/mol. The molecule has 7 heteroatoms. The second-order valence-electron chi connectivity index (χ2n) is 4.42. The normalized spacial score (nSPS) is 11.3. The summed E-state index contributed by atoms with van der Waals surface area (Å²) in [7, 11) is 0. The largest absolute Gasteiger partial charge is 0.480 e. The van der Waals surface area contributed by atoms with E-state index >= 15 is 0 Å². The molecule has 1 aromatic rings. The summed E-state index contributed by atoms with van der Waals surface area (Å²) in [6.07, 6.45) is 2.94. The van der Waals surface area contributed by atoms with E-state index in [0.717, 1.165) is 17.5 Å². The van der Waals surface area contributed by atoms with E-state index in [2.05, 4.69) is 15.6 Å². The highest BCUT2D eigenvalue weighted by molar-refractivity contribution is 5.92. The van der Waals surface area contributed by atoms with Crippen LogP contribution in [-0.2, 0) is 11.3 Å². The van der Waals surface area contributed by atoms with Crippen LogP contribution in [0.5, 0.6) is 0 Å². The molecule has 0 fully saturated rings. The third kappa shape index (κ3) is 3.54. The van der Waals surface area contributed by atoms with Crippen LogP contribution in [0.2, 0.25) is 0 Å². The lowest BCUT2D eigenvalue weighted by Gasteiger charge is -2.27. The molecule has 1 heterocycles. The van der Waals surface area contributed by atoms with Crippen LogP contribution < -0.4 is 5.32 Å². The minimum absolute atomic E-state index is 0.129.